The monoisotopic (exact) mass is 164 g/mol. The molecule has 1 heterocycles. The van der Waals surface area contributed by atoms with Gasteiger partial charge in [-0.15, -0.1) is 0 Å². The second-order valence-electron chi connectivity index (χ2n) is 2.53. The van der Waals surface area contributed by atoms with Gasteiger partial charge in [0.05, 0.1) is 0 Å². The Labute approximate surface area is 71.6 Å². The summed E-state index contributed by atoms with van der Waals surface area (Å²) in [5.41, 5.74) is 6.88. The number of carbonyl (C=O) groups is 1. The predicted octanol–water partition coefficient (Wildman–Crippen LogP) is 1.13. The van der Waals surface area contributed by atoms with Gasteiger partial charge in [0.25, 0.3) is 0 Å². The van der Waals surface area contributed by atoms with Gasteiger partial charge in [0, 0.05) is 19.2 Å². The van der Waals surface area contributed by atoms with Gasteiger partial charge in [-0.25, -0.2) is 0 Å². The van der Waals surface area contributed by atoms with Crippen molar-refractivity contribution in [3.05, 3.63) is 29.6 Å². The molecule has 3 nitrogen and oxygen atoms in total. The van der Waals surface area contributed by atoms with Crippen LogP contribution >= 0.6 is 0 Å². The Morgan fingerprint density at radius 3 is 3.00 bits per heavy atom. The van der Waals surface area contributed by atoms with Crippen molar-refractivity contribution in [2.45, 2.75) is 19.9 Å². The molecule has 1 aromatic heterocycles. The van der Waals surface area contributed by atoms with Crippen LogP contribution < -0.4 is 5.73 Å². The quantitative estimate of drug-likeness (QED) is 0.681. The first kappa shape index (κ1) is 8.87. The number of carbonyl (C=O) groups excluding carboxylic acids is 1. The summed E-state index contributed by atoms with van der Waals surface area (Å²) in [4.78, 5) is 15.1. The van der Waals surface area contributed by atoms with Crippen molar-refractivity contribution in [2.75, 3.05) is 0 Å². The molecule has 2 N–H and O–H groups in total. The van der Waals surface area contributed by atoms with Crippen molar-refractivity contribution in [3.63, 3.8) is 0 Å². The van der Waals surface area contributed by atoms with Gasteiger partial charge in [-0.05, 0) is 17.7 Å². The second kappa shape index (κ2) is 3.97. The molecule has 1 rings (SSSR count). The Morgan fingerprint density at radius 2 is 2.42 bits per heavy atom. The SMILES string of the molecule is CCC(=O)c1cc(CN)ccn1. The molecule has 0 saturated carbocycles. The molecule has 0 atom stereocenters. The van der Waals surface area contributed by atoms with Crippen LogP contribution in [0.2, 0.25) is 0 Å². The van der Waals surface area contributed by atoms with Crippen molar-refractivity contribution in [1.82, 2.24) is 4.98 Å². The van der Waals surface area contributed by atoms with Crippen LogP contribution in [0.1, 0.15) is 29.4 Å². The van der Waals surface area contributed by atoms with Crippen LogP contribution in [0.4, 0.5) is 0 Å². The third kappa shape index (κ3) is 1.89. The minimum atomic E-state index is 0.0605. The van der Waals surface area contributed by atoms with Gasteiger partial charge in [0.2, 0.25) is 0 Å². The predicted molar refractivity (Wildman–Crippen MR) is 46.7 cm³/mol. The van der Waals surface area contributed by atoms with Crippen molar-refractivity contribution in [3.8, 4) is 0 Å². The van der Waals surface area contributed by atoms with E-state index in [1.807, 2.05) is 13.0 Å². The molecule has 0 unspecified atom stereocenters. The fraction of sp³-hybridized carbons (Fsp3) is 0.333. The molecule has 0 amide bonds. The number of rotatable bonds is 3. The zero-order valence-corrected chi connectivity index (χ0v) is 7.08. The highest BCUT2D eigenvalue weighted by Crippen LogP contribution is 2.03. The first-order chi connectivity index (χ1) is 5.77. The summed E-state index contributed by atoms with van der Waals surface area (Å²) >= 11 is 0. The number of aromatic nitrogens is 1. The number of Topliss-reactive ketones (excluding diaryl/α,β-unsaturated/α-hetero) is 1. The van der Waals surface area contributed by atoms with E-state index in [2.05, 4.69) is 4.98 Å². The third-order valence-electron chi connectivity index (χ3n) is 1.67. The maximum atomic E-state index is 11.2. The molecule has 1 aromatic rings. The van der Waals surface area contributed by atoms with Crippen LogP contribution in [0.5, 0.6) is 0 Å². The molecule has 0 radical (unpaired) electrons. The lowest BCUT2D eigenvalue weighted by Gasteiger charge is -1.99. The number of hydrogen-bond donors (Lipinski definition) is 1. The van der Waals surface area contributed by atoms with Crippen molar-refractivity contribution >= 4 is 5.78 Å². The molecule has 64 valence electrons. The van der Waals surface area contributed by atoms with Gasteiger partial charge in [-0.2, -0.15) is 0 Å². The van der Waals surface area contributed by atoms with E-state index in [9.17, 15) is 4.79 Å². The first-order valence-electron chi connectivity index (χ1n) is 3.96. The Balaban J connectivity index is 2.93. The van der Waals surface area contributed by atoms with Crippen LogP contribution in [0.15, 0.2) is 18.3 Å². The van der Waals surface area contributed by atoms with Gasteiger partial charge in [-0.1, -0.05) is 6.92 Å². The molecule has 0 aliphatic carbocycles. The average Bonchev–Trinajstić information content (AvgIpc) is 2.17. The second-order valence-corrected chi connectivity index (χ2v) is 2.53. The van der Waals surface area contributed by atoms with E-state index in [-0.39, 0.29) is 5.78 Å². The zero-order valence-electron chi connectivity index (χ0n) is 7.08. The fourth-order valence-electron chi connectivity index (χ4n) is 0.935. The molecule has 0 aliphatic heterocycles. The maximum Gasteiger partial charge on any atom is 0.180 e. The lowest BCUT2D eigenvalue weighted by Crippen LogP contribution is -2.03. The molecular formula is C9H12N2O. The summed E-state index contributed by atoms with van der Waals surface area (Å²) < 4.78 is 0. The van der Waals surface area contributed by atoms with Gasteiger partial charge < -0.3 is 5.73 Å². The molecular weight excluding hydrogens is 152 g/mol. The van der Waals surface area contributed by atoms with Crippen molar-refractivity contribution in [2.24, 2.45) is 5.73 Å². The molecule has 12 heavy (non-hydrogen) atoms. The number of nitrogens with zero attached hydrogens (tertiary/aromatic N) is 1. The van der Waals surface area contributed by atoms with Gasteiger partial charge in [0.1, 0.15) is 5.69 Å². The Morgan fingerprint density at radius 1 is 1.67 bits per heavy atom. The number of ketones is 1. The van der Waals surface area contributed by atoms with Crippen LogP contribution in [-0.2, 0) is 6.54 Å². The highest BCUT2D eigenvalue weighted by molar-refractivity contribution is 5.94. The molecule has 0 fully saturated rings. The molecule has 0 aromatic carbocycles. The summed E-state index contributed by atoms with van der Waals surface area (Å²) in [5, 5.41) is 0. The van der Waals surface area contributed by atoms with Gasteiger partial charge >= 0.3 is 0 Å². The van der Waals surface area contributed by atoms with E-state index in [4.69, 9.17) is 5.73 Å². The standard InChI is InChI=1S/C9H12N2O/c1-2-9(12)8-5-7(6-10)3-4-11-8/h3-5H,2,6,10H2,1H3. The summed E-state index contributed by atoms with van der Waals surface area (Å²) in [6.45, 7) is 2.27. The van der Waals surface area contributed by atoms with Crippen LogP contribution in [0, 0.1) is 0 Å². The smallest absolute Gasteiger partial charge is 0.180 e. The van der Waals surface area contributed by atoms with Crippen LogP contribution in [0.3, 0.4) is 0 Å². The number of hydrogen-bond acceptors (Lipinski definition) is 3. The largest absolute Gasteiger partial charge is 0.326 e. The van der Waals surface area contributed by atoms with Crippen molar-refractivity contribution < 1.29 is 4.79 Å². The normalized spacial score (nSPS) is 9.83. The third-order valence-corrected chi connectivity index (χ3v) is 1.67. The first-order valence-corrected chi connectivity index (χ1v) is 3.96. The molecule has 3 heteroatoms. The van der Waals surface area contributed by atoms with Crippen LogP contribution in [0.25, 0.3) is 0 Å². The van der Waals surface area contributed by atoms with E-state index in [0.717, 1.165) is 5.56 Å². The minimum absolute atomic E-state index is 0.0605. The lowest BCUT2D eigenvalue weighted by molar-refractivity contribution is 0.0983. The van der Waals surface area contributed by atoms with Crippen molar-refractivity contribution in [1.29, 1.82) is 0 Å². The lowest BCUT2D eigenvalue weighted by atomic mass is 10.1. The van der Waals surface area contributed by atoms with E-state index < -0.39 is 0 Å². The van der Waals surface area contributed by atoms with E-state index >= 15 is 0 Å². The highest BCUT2D eigenvalue weighted by Gasteiger charge is 2.03. The molecule has 0 saturated heterocycles. The minimum Gasteiger partial charge on any atom is -0.326 e. The Bertz CT molecular complexity index is 284. The number of nitrogens with two attached hydrogens (primary N) is 1. The topological polar surface area (TPSA) is 56.0 Å². The van der Waals surface area contributed by atoms with E-state index in [0.29, 0.717) is 18.7 Å². The molecule has 0 bridgehead atoms. The van der Waals surface area contributed by atoms with Gasteiger partial charge in [-0.3, -0.25) is 9.78 Å². The Kier molecular flexibility index (Phi) is 2.94. The highest BCUT2D eigenvalue weighted by atomic mass is 16.1. The average molecular weight is 164 g/mol. The summed E-state index contributed by atoms with van der Waals surface area (Å²) in [6.07, 6.45) is 2.10. The van der Waals surface area contributed by atoms with E-state index in [1.54, 1.807) is 12.3 Å². The maximum absolute atomic E-state index is 11.2. The Hall–Kier alpha value is -1.22. The zero-order chi connectivity index (χ0) is 8.97. The summed E-state index contributed by atoms with van der Waals surface area (Å²) in [5.74, 6) is 0.0605. The summed E-state index contributed by atoms with van der Waals surface area (Å²) in [7, 11) is 0. The van der Waals surface area contributed by atoms with Crippen LogP contribution in [-0.4, -0.2) is 10.8 Å². The molecule has 0 spiro atoms. The number of pyridine rings is 1. The summed E-state index contributed by atoms with van der Waals surface area (Å²) in [6, 6.07) is 3.55. The molecule has 0 aliphatic rings. The fourth-order valence-corrected chi connectivity index (χ4v) is 0.935. The van der Waals surface area contributed by atoms with Gasteiger partial charge in [0.15, 0.2) is 5.78 Å². The van der Waals surface area contributed by atoms with E-state index in [1.165, 1.54) is 0 Å².